The number of Topliss-reactive ketones (excluding diaryl/α,β-unsaturated/α-hetero) is 1. The van der Waals surface area contributed by atoms with Crippen LogP contribution in [0, 0.1) is 0 Å². The van der Waals surface area contributed by atoms with Crippen molar-refractivity contribution in [2.75, 3.05) is 13.9 Å². The molecule has 0 spiro atoms. The second kappa shape index (κ2) is 10.3. The van der Waals surface area contributed by atoms with Crippen LogP contribution in [0.1, 0.15) is 48.3 Å². The van der Waals surface area contributed by atoms with Gasteiger partial charge in [-0.3, -0.25) is 4.79 Å². The van der Waals surface area contributed by atoms with E-state index in [1.165, 1.54) is 0 Å². The van der Waals surface area contributed by atoms with E-state index in [0.29, 0.717) is 41.2 Å². The molecule has 0 bridgehead atoms. The quantitative estimate of drug-likeness (QED) is 0.426. The standard InChI is InChI=1S/C32H29NO6/c1-19-29(32(35)37-17-20-6-4-3-5-7-20)30(22-10-13-27-28(16-22)39-18-38-27)31-25(33-19)14-23(15-26(31)34)21-8-11-24(36-2)12-9-21/h3-13,16,23,30,33H,14-15,17-18H2,1-2H3/t23-,30-/m0/s1. The molecule has 1 N–H and O–H groups in total. The highest BCUT2D eigenvalue weighted by Crippen LogP contribution is 2.47. The van der Waals surface area contributed by atoms with E-state index < -0.39 is 11.9 Å². The van der Waals surface area contributed by atoms with Crippen LogP contribution in [-0.4, -0.2) is 25.7 Å². The maximum absolute atomic E-state index is 13.9. The Balaban J connectivity index is 1.36. The molecule has 0 saturated carbocycles. The van der Waals surface area contributed by atoms with E-state index in [1.807, 2.05) is 79.7 Å². The van der Waals surface area contributed by atoms with Gasteiger partial charge in [-0.1, -0.05) is 48.5 Å². The van der Waals surface area contributed by atoms with E-state index >= 15 is 0 Å². The van der Waals surface area contributed by atoms with Gasteiger partial charge in [-0.2, -0.15) is 0 Å². The number of dihydropyridines is 1. The molecule has 0 aromatic heterocycles. The van der Waals surface area contributed by atoms with Crippen molar-refractivity contribution in [2.24, 2.45) is 0 Å². The number of hydrogen-bond donors (Lipinski definition) is 1. The first kappa shape index (κ1) is 24.8. The highest BCUT2D eigenvalue weighted by Gasteiger charge is 2.42. The van der Waals surface area contributed by atoms with Gasteiger partial charge in [0.2, 0.25) is 6.79 Å². The highest BCUT2D eigenvalue weighted by molar-refractivity contribution is 6.04. The second-order valence-corrected chi connectivity index (χ2v) is 9.96. The lowest BCUT2D eigenvalue weighted by atomic mass is 9.71. The van der Waals surface area contributed by atoms with E-state index in [9.17, 15) is 9.59 Å². The van der Waals surface area contributed by atoms with Gasteiger partial charge in [0.25, 0.3) is 0 Å². The number of benzene rings is 3. The summed E-state index contributed by atoms with van der Waals surface area (Å²) in [6.45, 7) is 2.15. The van der Waals surface area contributed by atoms with Crippen molar-refractivity contribution < 1.29 is 28.5 Å². The van der Waals surface area contributed by atoms with E-state index in [4.69, 9.17) is 18.9 Å². The lowest BCUT2D eigenvalue weighted by Gasteiger charge is -2.36. The maximum atomic E-state index is 13.9. The van der Waals surface area contributed by atoms with Crippen LogP contribution < -0.4 is 19.5 Å². The molecular weight excluding hydrogens is 494 g/mol. The second-order valence-electron chi connectivity index (χ2n) is 9.96. The molecule has 3 aliphatic rings. The smallest absolute Gasteiger partial charge is 0.337 e. The van der Waals surface area contributed by atoms with Gasteiger partial charge in [-0.05, 0) is 60.2 Å². The van der Waals surface area contributed by atoms with Crippen LogP contribution in [0.25, 0.3) is 0 Å². The molecule has 0 saturated heterocycles. The maximum Gasteiger partial charge on any atom is 0.337 e. The summed E-state index contributed by atoms with van der Waals surface area (Å²) < 4.78 is 22.2. The molecule has 7 heteroatoms. The highest BCUT2D eigenvalue weighted by atomic mass is 16.7. The predicted molar refractivity (Wildman–Crippen MR) is 144 cm³/mol. The van der Waals surface area contributed by atoms with Gasteiger partial charge in [0, 0.05) is 29.3 Å². The van der Waals surface area contributed by atoms with Crippen molar-refractivity contribution in [3.05, 3.63) is 112 Å². The monoisotopic (exact) mass is 523 g/mol. The Morgan fingerprint density at radius 2 is 1.69 bits per heavy atom. The number of nitrogens with one attached hydrogen (secondary N) is 1. The Morgan fingerprint density at radius 1 is 0.949 bits per heavy atom. The summed E-state index contributed by atoms with van der Waals surface area (Å²) in [6.07, 6.45) is 0.997. The fraction of sp³-hybridized carbons (Fsp3) is 0.250. The van der Waals surface area contributed by atoms with Gasteiger partial charge >= 0.3 is 5.97 Å². The predicted octanol–water partition coefficient (Wildman–Crippen LogP) is 5.53. The number of esters is 1. The zero-order chi connectivity index (χ0) is 26.9. The molecule has 2 aliphatic heterocycles. The molecule has 198 valence electrons. The number of allylic oxidation sites excluding steroid dienone is 3. The Bertz CT molecular complexity index is 1490. The average Bonchev–Trinajstić information content (AvgIpc) is 3.44. The molecule has 0 fully saturated rings. The molecule has 0 amide bonds. The van der Waals surface area contributed by atoms with Crippen LogP contribution >= 0.6 is 0 Å². The number of carbonyl (C=O) groups excluding carboxylic acids is 2. The third-order valence-electron chi connectivity index (χ3n) is 7.58. The lowest BCUT2D eigenvalue weighted by molar-refractivity contribution is -0.140. The van der Waals surface area contributed by atoms with Crippen molar-refractivity contribution in [1.29, 1.82) is 0 Å². The lowest BCUT2D eigenvalue weighted by Crippen LogP contribution is -2.36. The number of rotatable bonds is 6. The first-order chi connectivity index (χ1) is 19.0. The molecule has 6 rings (SSSR count). The number of methoxy groups -OCH3 is 1. The summed E-state index contributed by atoms with van der Waals surface area (Å²) in [7, 11) is 1.63. The van der Waals surface area contributed by atoms with Gasteiger partial charge in [0.05, 0.1) is 12.7 Å². The molecule has 39 heavy (non-hydrogen) atoms. The zero-order valence-electron chi connectivity index (χ0n) is 21.9. The molecule has 7 nitrogen and oxygen atoms in total. The third kappa shape index (κ3) is 4.76. The normalized spacial score (nSPS) is 19.9. The molecule has 3 aromatic carbocycles. The Kier molecular flexibility index (Phi) is 6.57. The number of ketones is 1. The number of carbonyl (C=O) groups is 2. The van der Waals surface area contributed by atoms with E-state index in [1.54, 1.807) is 7.11 Å². The van der Waals surface area contributed by atoms with Crippen LogP contribution in [0.3, 0.4) is 0 Å². The molecule has 1 aliphatic carbocycles. The summed E-state index contributed by atoms with van der Waals surface area (Å²) in [4.78, 5) is 27.5. The summed E-state index contributed by atoms with van der Waals surface area (Å²) >= 11 is 0. The fourth-order valence-corrected chi connectivity index (χ4v) is 5.65. The molecule has 0 radical (unpaired) electrons. The summed E-state index contributed by atoms with van der Waals surface area (Å²) in [5, 5.41) is 3.41. The van der Waals surface area contributed by atoms with Crippen LogP contribution in [-0.2, 0) is 20.9 Å². The number of hydrogen-bond acceptors (Lipinski definition) is 7. The van der Waals surface area contributed by atoms with Crippen molar-refractivity contribution in [2.45, 2.75) is 38.2 Å². The molecule has 3 aromatic rings. The molecule has 2 atom stereocenters. The van der Waals surface area contributed by atoms with Crippen LogP contribution in [0.5, 0.6) is 17.2 Å². The minimum atomic E-state index is -0.580. The van der Waals surface area contributed by atoms with Crippen molar-refractivity contribution >= 4 is 11.8 Å². The minimum absolute atomic E-state index is 0.00749. The topological polar surface area (TPSA) is 83.1 Å². The van der Waals surface area contributed by atoms with E-state index in [-0.39, 0.29) is 25.1 Å². The summed E-state index contributed by atoms with van der Waals surface area (Å²) in [6, 6.07) is 23.0. The van der Waals surface area contributed by atoms with Gasteiger partial charge < -0.3 is 24.3 Å². The Labute approximate surface area is 227 Å². The first-order valence-corrected chi connectivity index (χ1v) is 13.0. The molecule has 2 heterocycles. The van der Waals surface area contributed by atoms with Gasteiger partial charge in [-0.25, -0.2) is 4.79 Å². The number of ether oxygens (including phenoxy) is 4. The largest absolute Gasteiger partial charge is 0.497 e. The van der Waals surface area contributed by atoms with Crippen molar-refractivity contribution in [3.63, 3.8) is 0 Å². The third-order valence-corrected chi connectivity index (χ3v) is 7.58. The summed E-state index contributed by atoms with van der Waals surface area (Å²) in [5.41, 5.74) is 5.31. The zero-order valence-corrected chi connectivity index (χ0v) is 21.9. The molecule has 0 unspecified atom stereocenters. The van der Waals surface area contributed by atoms with Crippen molar-refractivity contribution in [3.8, 4) is 17.2 Å². The van der Waals surface area contributed by atoms with Gasteiger partial charge in [0.1, 0.15) is 12.4 Å². The van der Waals surface area contributed by atoms with Gasteiger partial charge in [0.15, 0.2) is 17.3 Å². The van der Waals surface area contributed by atoms with Crippen LogP contribution in [0.4, 0.5) is 0 Å². The first-order valence-electron chi connectivity index (χ1n) is 13.0. The number of fused-ring (bicyclic) bond motifs is 1. The SMILES string of the molecule is COc1ccc([C@@H]2CC(=O)C3=C(C2)NC(C)=C(C(=O)OCc2ccccc2)[C@@H]3c2ccc3c(c2)OCO3)cc1. The Hall–Kier alpha value is -4.52. The summed E-state index contributed by atoms with van der Waals surface area (Å²) in [5.74, 6) is 1.01. The minimum Gasteiger partial charge on any atom is -0.497 e. The van der Waals surface area contributed by atoms with Gasteiger partial charge in [-0.15, -0.1) is 0 Å². The van der Waals surface area contributed by atoms with E-state index in [2.05, 4.69) is 5.32 Å². The Morgan fingerprint density at radius 3 is 2.46 bits per heavy atom. The van der Waals surface area contributed by atoms with E-state index in [0.717, 1.165) is 28.1 Å². The van der Waals surface area contributed by atoms with Crippen LogP contribution in [0.15, 0.2) is 95.3 Å². The van der Waals surface area contributed by atoms with Crippen molar-refractivity contribution in [1.82, 2.24) is 5.32 Å². The molecular formula is C32H29NO6. The average molecular weight is 524 g/mol. The fourth-order valence-electron chi connectivity index (χ4n) is 5.65. The van der Waals surface area contributed by atoms with Crippen LogP contribution in [0.2, 0.25) is 0 Å².